The fourth-order valence-electron chi connectivity index (χ4n) is 3.54. The Kier molecular flexibility index (Phi) is 5.93. The Bertz CT molecular complexity index is 229. The monoisotopic (exact) mass is 254 g/mol. The van der Waals surface area contributed by atoms with Crippen molar-refractivity contribution in [1.82, 2.24) is 10.6 Å². The van der Waals surface area contributed by atoms with E-state index in [0.29, 0.717) is 12.1 Å². The van der Waals surface area contributed by atoms with Gasteiger partial charge >= 0.3 is 0 Å². The largest absolute Gasteiger partial charge is 0.380 e. The summed E-state index contributed by atoms with van der Waals surface area (Å²) >= 11 is 0. The standard InChI is InChI=1S/C15H30N2O/c1-12(18-2)11-17-15-8-4-3-7-13(15)14-9-5-6-10-16-14/h12-17H,3-11H2,1-2H3. The summed E-state index contributed by atoms with van der Waals surface area (Å²) in [5, 5.41) is 7.50. The highest BCUT2D eigenvalue weighted by Crippen LogP contribution is 2.30. The zero-order valence-electron chi connectivity index (χ0n) is 12.1. The molecule has 0 spiro atoms. The van der Waals surface area contributed by atoms with Gasteiger partial charge in [-0.05, 0) is 45.1 Å². The van der Waals surface area contributed by atoms with E-state index in [2.05, 4.69) is 17.6 Å². The number of nitrogens with one attached hydrogen (secondary N) is 2. The van der Waals surface area contributed by atoms with Crippen LogP contribution in [-0.4, -0.2) is 38.4 Å². The molecule has 2 aliphatic rings. The molecule has 0 aromatic heterocycles. The first-order valence-corrected chi connectivity index (χ1v) is 7.81. The molecule has 1 aliphatic carbocycles. The van der Waals surface area contributed by atoms with E-state index < -0.39 is 0 Å². The van der Waals surface area contributed by atoms with Crippen LogP contribution < -0.4 is 10.6 Å². The predicted molar refractivity (Wildman–Crippen MR) is 75.9 cm³/mol. The SMILES string of the molecule is COC(C)CNC1CCCCC1C1CCCCN1. The highest BCUT2D eigenvalue weighted by atomic mass is 16.5. The van der Waals surface area contributed by atoms with Gasteiger partial charge in [-0.15, -0.1) is 0 Å². The minimum Gasteiger partial charge on any atom is -0.380 e. The molecule has 3 heteroatoms. The lowest BCUT2D eigenvalue weighted by Crippen LogP contribution is -2.51. The van der Waals surface area contributed by atoms with Gasteiger partial charge in [0.25, 0.3) is 0 Å². The van der Waals surface area contributed by atoms with Crippen molar-refractivity contribution in [1.29, 1.82) is 0 Å². The number of methoxy groups -OCH3 is 1. The molecular weight excluding hydrogens is 224 g/mol. The lowest BCUT2D eigenvalue weighted by Gasteiger charge is -2.40. The molecule has 3 nitrogen and oxygen atoms in total. The smallest absolute Gasteiger partial charge is 0.0667 e. The third-order valence-corrected chi connectivity index (χ3v) is 4.75. The van der Waals surface area contributed by atoms with Crippen LogP contribution in [0.15, 0.2) is 0 Å². The van der Waals surface area contributed by atoms with E-state index in [-0.39, 0.29) is 0 Å². The third kappa shape index (κ3) is 3.94. The van der Waals surface area contributed by atoms with E-state index in [1.807, 2.05) is 0 Å². The molecule has 1 saturated carbocycles. The van der Waals surface area contributed by atoms with Gasteiger partial charge < -0.3 is 15.4 Å². The van der Waals surface area contributed by atoms with E-state index in [1.165, 1.54) is 51.5 Å². The van der Waals surface area contributed by atoms with E-state index in [1.54, 1.807) is 7.11 Å². The highest BCUT2D eigenvalue weighted by Gasteiger charge is 2.32. The first-order chi connectivity index (χ1) is 8.81. The zero-order valence-corrected chi connectivity index (χ0v) is 12.1. The van der Waals surface area contributed by atoms with Gasteiger partial charge in [0.05, 0.1) is 6.10 Å². The molecule has 106 valence electrons. The molecule has 18 heavy (non-hydrogen) atoms. The topological polar surface area (TPSA) is 33.3 Å². The number of ether oxygens (including phenoxy) is 1. The molecule has 4 atom stereocenters. The van der Waals surface area contributed by atoms with E-state index in [4.69, 9.17) is 4.74 Å². The van der Waals surface area contributed by atoms with Crippen LogP contribution in [0.3, 0.4) is 0 Å². The van der Waals surface area contributed by atoms with Crippen LogP contribution in [-0.2, 0) is 4.74 Å². The van der Waals surface area contributed by atoms with E-state index >= 15 is 0 Å². The summed E-state index contributed by atoms with van der Waals surface area (Å²) < 4.78 is 5.34. The molecule has 2 N–H and O–H groups in total. The zero-order chi connectivity index (χ0) is 12.8. The van der Waals surface area contributed by atoms with Gasteiger partial charge in [-0.25, -0.2) is 0 Å². The van der Waals surface area contributed by atoms with Crippen molar-refractivity contribution in [2.24, 2.45) is 5.92 Å². The van der Waals surface area contributed by atoms with Crippen molar-refractivity contribution in [3.05, 3.63) is 0 Å². The quantitative estimate of drug-likeness (QED) is 0.790. The maximum absolute atomic E-state index is 5.34. The molecule has 0 radical (unpaired) electrons. The summed E-state index contributed by atoms with van der Waals surface area (Å²) in [5.41, 5.74) is 0. The third-order valence-electron chi connectivity index (χ3n) is 4.75. The number of piperidine rings is 1. The van der Waals surface area contributed by atoms with Gasteiger partial charge in [-0.2, -0.15) is 0 Å². The van der Waals surface area contributed by atoms with Crippen molar-refractivity contribution in [3.63, 3.8) is 0 Å². The van der Waals surface area contributed by atoms with Crippen LogP contribution in [0.4, 0.5) is 0 Å². The first-order valence-electron chi connectivity index (χ1n) is 7.81. The van der Waals surface area contributed by atoms with Crippen molar-refractivity contribution < 1.29 is 4.74 Å². The first kappa shape index (κ1) is 14.3. The molecule has 4 unspecified atom stereocenters. The van der Waals surface area contributed by atoms with Crippen LogP contribution >= 0.6 is 0 Å². The predicted octanol–water partition coefficient (Wildman–Crippen LogP) is 2.31. The minimum absolute atomic E-state index is 0.326. The second-order valence-electron chi connectivity index (χ2n) is 6.07. The minimum atomic E-state index is 0.326. The summed E-state index contributed by atoms with van der Waals surface area (Å²) in [4.78, 5) is 0. The Balaban J connectivity index is 1.84. The normalized spacial score (nSPS) is 35.3. The molecule has 2 rings (SSSR count). The van der Waals surface area contributed by atoms with Crippen LogP contribution in [0.25, 0.3) is 0 Å². The van der Waals surface area contributed by atoms with Gasteiger partial charge in [0.2, 0.25) is 0 Å². The Morgan fingerprint density at radius 3 is 2.67 bits per heavy atom. The van der Waals surface area contributed by atoms with E-state index in [9.17, 15) is 0 Å². The molecule has 1 aliphatic heterocycles. The van der Waals surface area contributed by atoms with Gasteiger partial charge in [0.1, 0.15) is 0 Å². The Morgan fingerprint density at radius 1 is 1.17 bits per heavy atom. The summed E-state index contributed by atoms with van der Waals surface area (Å²) in [6.45, 7) is 4.36. The van der Waals surface area contributed by atoms with Crippen LogP contribution in [0.2, 0.25) is 0 Å². The second kappa shape index (κ2) is 7.46. The molecular formula is C15H30N2O. The average molecular weight is 254 g/mol. The molecule has 0 aromatic rings. The Labute approximate surface area is 112 Å². The van der Waals surface area contributed by atoms with Crippen LogP contribution in [0, 0.1) is 5.92 Å². The van der Waals surface area contributed by atoms with Gasteiger partial charge in [-0.3, -0.25) is 0 Å². The Hall–Kier alpha value is -0.120. The Morgan fingerprint density at radius 2 is 1.94 bits per heavy atom. The van der Waals surface area contributed by atoms with Crippen molar-refractivity contribution in [3.8, 4) is 0 Å². The van der Waals surface area contributed by atoms with Crippen molar-refractivity contribution in [2.45, 2.75) is 70.1 Å². The summed E-state index contributed by atoms with van der Waals surface area (Å²) in [7, 11) is 1.80. The number of rotatable bonds is 5. The molecule has 0 bridgehead atoms. The lowest BCUT2D eigenvalue weighted by molar-refractivity contribution is 0.102. The maximum Gasteiger partial charge on any atom is 0.0667 e. The summed E-state index contributed by atoms with van der Waals surface area (Å²) in [6, 6.07) is 1.46. The van der Waals surface area contributed by atoms with Gasteiger partial charge in [0.15, 0.2) is 0 Å². The number of hydrogen-bond acceptors (Lipinski definition) is 3. The van der Waals surface area contributed by atoms with Crippen LogP contribution in [0.5, 0.6) is 0 Å². The molecule has 1 saturated heterocycles. The average Bonchev–Trinajstić information content (AvgIpc) is 2.46. The van der Waals surface area contributed by atoms with Crippen LogP contribution in [0.1, 0.15) is 51.9 Å². The highest BCUT2D eigenvalue weighted by molar-refractivity contribution is 4.90. The fraction of sp³-hybridized carbons (Fsp3) is 1.00. The lowest BCUT2D eigenvalue weighted by atomic mass is 9.77. The van der Waals surface area contributed by atoms with Crippen molar-refractivity contribution >= 4 is 0 Å². The summed E-state index contributed by atoms with van der Waals surface area (Å²) in [6.07, 6.45) is 10.0. The number of hydrogen-bond donors (Lipinski definition) is 2. The maximum atomic E-state index is 5.34. The van der Waals surface area contributed by atoms with Gasteiger partial charge in [0, 0.05) is 25.7 Å². The van der Waals surface area contributed by atoms with Crippen molar-refractivity contribution in [2.75, 3.05) is 20.2 Å². The molecule has 0 aromatic carbocycles. The second-order valence-corrected chi connectivity index (χ2v) is 6.07. The fourth-order valence-corrected chi connectivity index (χ4v) is 3.54. The van der Waals surface area contributed by atoms with Gasteiger partial charge in [-0.1, -0.05) is 19.3 Å². The summed E-state index contributed by atoms with van der Waals surface area (Å²) in [5.74, 6) is 0.836. The molecule has 1 heterocycles. The van der Waals surface area contributed by atoms with E-state index in [0.717, 1.165) is 18.5 Å². The molecule has 2 fully saturated rings. The molecule has 0 amide bonds.